The molecule has 43 heavy (non-hydrogen) atoms. The average molecular weight is 586 g/mol. The van der Waals surface area contributed by atoms with E-state index in [9.17, 15) is 9.18 Å². The molecule has 0 aliphatic carbocycles. The zero-order chi connectivity index (χ0) is 30.8. The van der Waals surface area contributed by atoms with Crippen LogP contribution in [0.3, 0.4) is 0 Å². The molecule has 0 spiro atoms. The fourth-order valence-electron chi connectivity index (χ4n) is 4.88. The Kier molecular flexibility index (Phi) is 8.07. The highest BCUT2D eigenvalue weighted by Crippen LogP contribution is 2.35. The second-order valence-electron chi connectivity index (χ2n) is 9.86. The van der Waals surface area contributed by atoms with Gasteiger partial charge in [0.25, 0.3) is 0 Å². The maximum atomic E-state index is 15.0. The molecule has 11 heteroatoms. The zero-order valence-corrected chi connectivity index (χ0v) is 24.0. The van der Waals surface area contributed by atoms with Gasteiger partial charge in [0.1, 0.15) is 46.4 Å². The zero-order valence-electron chi connectivity index (χ0n) is 24.0. The summed E-state index contributed by atoms with van der Waals surface area (Å²) in [7, 11) is 2.95. The molecule has 2 N–H and O–H groups in total. The van der Waals surface area contributed by atoms with Crippen LogP contribution in [0.4, 0.5) is 14.6 Å². The highest BCUT2D eigenvalue weighted by atomic mass is 19.1. The predicted octanol–water partition coefficient (Wildman–Crippen LogP) is 6.11. The lowest BCUT2D eigenvalue weighted by Crippen LogP contribution is -2.14. The van der Waals surface area contributed by atoms with Crippen LogP contribution in [-0.2, 0) is 6.54 Å². The van der Waals surface area contributed by atoms with Gasteiger partial charge in [-0.25, -0.2) is 18.5 Å². The van der Waals surface area contributed by atoms with E-state index >= 15 is 4.39 Å². The average Bonchev–Trinajstić information content (AvgIpc) is 3.35. The highest BCUT2D eigenvalue weighted by Gasteiger charge is 2.26. The van der Waals surface area contributed by atoms with Crippen LogP contribution in [0.25, 0.3) is 33.4 Å². The van der Waals surface area contributed by atoms with Crippen LogP contribution in [0.15, 0.2) is 79.9 Å². The molecule has 0 saturated heterocycles. The van der Waals surface area contributed by atoms with Crippen molar-refractivity contribution in [3.63, 3.8) is 0 Å². The van der Waals surface area contributed by atoms with Gasteiger partial charge in [-0.1, -0.05) is 18.2 Å². The summed E-state index contributed by atoms with van der Waals surface area (Å²) >= 11 is 0. The number of benzene rings is 3. The van der Waals surface area contributed by atoms with Crippen LogP contribution in [-0.4, -0.2) is 42.6 Å². The number of hydrogen-bond acceptors (Lipinski definition) is 7. The number of amidine groups is 1. The van der Waals surface area contributed by atoms with E-state index in [2.05, 4.69) is 16.7 Å². The number of nitrogens with two attached hydrogens (primary N) is 1. The van der Waals surface area contributed by atoms with Crippen molar-refractivity contribution in [3.8, 4) is 33.9 Å². The summed E-state index contributed by atoms with van der Waals surface area (Å²) in [6.07, 6.45) is -0.224. The summed E-state index contributed by atoms with van der Waals surface area (Å²) in [5.41, 5.74) is 7.51. The molecule has 0 aliphatic rings. The van der Waals surface area contributed by atoms with Crippen molar-refractivity contribution in [1.29, 1.82) is 0 Å². The molecule has 5 rings (SSSR count). The minimum Gasteiger partial charge on any atom is -0.496 e. The van der Waals surface area contributed by atoms with Gasteiger partial charge < -0.3 is 19.6 Å². The SMILES string of the molecule is C=Nc1c(C(N)=NC)c(-c2ccc(OC(C)C)c(F)c2)nn1Cc1oc2cccc(OC)c2c(=O)c1-c1cccc(F)c1. The molecule has 3 aromatic carbocycles. The molecule has 0 atom stereocenters. The van der Waals surface area contributed by atoms with E-state index < -0.39 is 17.1 Å². The molecule has 0 fully saturated rings. The lowest BCUT2D eigenvalue weighted by atomic mass is 10.0. The predicted molar refractivity (Wildman–Crippen MR) is 163 cm³/mol. The largest absolute Gasteiger partial charge is 0.496 e. The van der Waals surface area contributed by atoms with Crippen LogP contribution in [0, 0.1) is 11.6 Å². The number of aromatic nitrogens is 2. The van der Waals surface area contributed by atoms with Crippen molar-refractivity contribution < 1.29 is 22.7 Å². The summed E-state index contributed by atoms with van der Waals surface area (Å²) in [5.74, 6) is -0.256. The van der Waals surface area contributed by atoms with Gasteiger partial charge in [-0.05, 0) is 68.6 Å². The fourth-order valence-corrected chi connectivity index (χ4v) is 4.88. The van der Waals surface area contributed by atoms with Crippen LogP contribution in [0.5, 0.6) is 11.5 Å². The standard InChI is InChI=1S/C32H29F2N5O4/c1-17(2)42-22-13-12-19(15-21(22)34)29-28(31(35)36-3)32(37-4)39(38-29)16-25-26(18-8-6-9-20(33)14-18)30(40)27-23(41-5)10-7-11-24(27)43-25/h6-15,17H,4,16H2,1-3,5H3,(H2,35,36). The third kappa shape index (κ3) is 5.49. The van der Waals surface area contributed by atoms with Gasteiger partial charge >= 0.3 is 0 Å². The van der Waals surface area contributed by atoms with E-state index in [0.717, 1.165) is 0 Å². The third-order valence-corrected chi connectivity index (χ3v) is 6.72. The maximum absolute atomic E-state index is 15.0. The third-order valence-electron chi connectivity index (χ3n) is 6.72. The van der Waals surface area contributed by atoms with Crippen molar-refractivity contribution in [2.24, 2.45) is 15.7 Å². The minimum absolute atomic E-state index is 0.0848. The fraction of sp³-hybridized carbons (Fsp3) is 0.188. The van der Waals surface area contributed by atoms with E-state index in [4.69, 9.17) is 24.7 Å². The van der Waals surface area contributed by atoms with E-state index in [1.54, 1.807) is 44.2 Å². The monoisotopic (exact) mass is 585 g/mol. The van der Waals surface area contributed by atoms with Gasteiger partial charge in [0.05, 0.1) is 24.3 Å². The molecule has 2 aromatic heterocycles. The Balaban J connectivity index is 1.75. The van der Waals surface area contributed by atoms with E-state index in [0.29, 0.717) is 22.4 Å². The molecule has 9 nitrogen and oxygen atoms in total. The van der Waals surface area contributed by atoms with Crippen molar-refractivity contribution >= 4 is 29.3 Å². The summed E-state index contributed by atoms with van der Waals surface area (Å²) in [5, 5.41) is 4.90. The van der Waals surface area contributed by atoms with Crippen molar-refractivity contribution in [3.05, 3.63) is 93.8 Å². The van der Waals surface area contributed by atoms with E-state index in [-0.39, 0.29) is 58.0 Å². The second-order valence-corrected chi connectivity index (χ2v) is 9.86. The Morgan fingerprint density at radius 2 is 1.86 bits per heavy atom. The van der Waals surface area contributed by atoms with Crippen molar-refractivity contribution in [1.82, 2.24) is 9.78 Å². The number of hydrogen-bond donors (Lipinski definition) is 1. The van der Waals surface area contributed by atoms with Crippen LogP contribution in [0.2, 0.25) is 0 Å². The summed E-state index contributed by atoms with van der Waals surface area (Å²) in [4.78, 5) is 22.2. The number of fused-ring (bicyclic) bond motifs is 1. The Hall–Kier alpha value is -5.32. The summed E-state index contributed by atoms with van der Waals surface area (Å²) in [6, 6.07) is 15.0. The highest BCUT2D eigenvalue weighted by molar-refractivity contribution is 6.06. The molecule has 0 radical (unpaired) electrons. The first kappa shape index (κ1) is 29.2. The van der Waals surface area contributed by atoms with Crippen molar-refractivity contribution in [2.75, 3.05) is 14.2 Å². The lowest BCUT2D eigenvalue weighted by molar-refractivity contribution is 0.231. The van der Waals surface area contributed by atoms with Crippen molar-refractivity contribution in [2.45, 2.75) is 26.5 Å². The molecule has 220 valence electrons. The van der Waals surface area contributed by atoms with Crippen LogP contribution in [0.1, 0.15) is 25.2 Å². The topological polar surface area (TPSA) is 117 Å². The smallest absolute Gasteiger partial charge is 0.204 e. The maximum Gasteiger partial charge on any atom is 0.204 e. The van der Waals surface area contributed by atoms with Gasteiger partial charge in [0, 0.05) is 12.6 Å². The molecule has 5 aromatic rings. The lowest BCUT2D eigenvalue weighted by Gasteiger charge is -2.13. The Labute approximate surface area is 245 Å². The van der Waals surface area contributed by atoms with Gasteiger partial charge in [-0.2, -0.15) is 5.10 Å². The molecule has 2 heterocycles. The molecular formula is C32H29F2N5O4. The molecule has 0 unspecified atom stereocenters. The number of ether oxygens (including phenoxy) is 2. The van der Waals surface area contributed by atoms with Gasteiger partial charge in [0.15, 0.2) is 17.4 Å². The molecule has 0 aliphatic heterocycles. The van der Waals surface area contributed by atoms with Gasteiger partial charge in [-0.3, -0.25) is 9.79 Å². The second kappa shape index (κ2) is 11.9. The van der Waals surface area contributed by atoms with Crippen LogP contribution >= 0.6 is 0 Å². The van der Waals surface area contributed by atoms with Gasteiger partial charge in [0.2, 0.25) is 5.43 Å². The van der Waals surface area contributed by atoms with Gasteiger partial charge in [-0.15, -0.1) is 0 Å². The quantitative estimate of drug-likeness (QED) is 0.165. The van der Waals surface area contributed by atoms with E-state index in [1.165, 1.54) is 49.2 Å². The summed E-state index contributed by atoms with van der Waals surface area (Å²) < 4.78 is 48.0. The molecular weight excluding hydrogens is 556 g/mol. The van der Waals surface area contributed by atoms with E-state index in [1.807, 2.05) is 0 Å². The Morgan fingerprint density at radius 1 is 1.09 bits per heavy atom. The minimum atomic E-state index is -0.588. The first-order chi connectivity index (χ1) is 20.7. The molecule has 0 saturated carbocycles. The summed E-state index contributed by atoms with van der Waals surface area (Å²) in [6.45, 7) is 7.15. The number of rotatable bonds is 9. The first-order valence-electron chi connectivity index (χ1n) is 13.3. The first-order valence-corrected chi connectivity index (χ1v) is 13.3. The Morgan fingerprint density at radius 3 is 2.51 bits per heavy atom. The molecule has 0 amide bonds. The molecule has 0 bridgehead atoms. The number of aliphatic imine (C=N–C) groups is 2. The normalized spacial score (nSPS) is 11.7. The number of methoxy groups -OCH3 is 1. The number of halogens is 2. The number of nitrogens with zero attached hydrogens (tertiary/aromatic N) is 4. The van der Waals surface area contributed by atoms with Crippen LogP contribution < -0.4 is 20.6 Å². The Bertz CT molecular complexity index is 1940.